The van der Waals surface area contributed by atoms with Gasteiger partial charge >= 0.3 is 0 Å². The second kappa shape index (κ2) is 9.16. The average Bonchev–Trinajstić information content (AvgIpc) is 2.78. The van der Waals surface area contributed by atoms with Gasteiger partial charge in [-0.3, -0.25) is 4.79 Å². The highest BCUT2D eigenvalue weighted by atomic mass is 35.5. The van der Waals surface area contributed by atoms with E-state index in [1.807, 2.05) is 18.2 Å². The number of nitrogens with zero attached hydrogens (tertiary/aromatic N) is 2. The smallest absolute Gasteiger partial charge is 0.243 e. The molecule has 0 aromatic heterocycles. The fourth-order valence-corrected chi connectivity index (χ4v) is 5.64. The summed E-state index contributed by atoms with van der Waals surface area (Å²) in [6.07, 6.45) is 1.96. The second-order valence-corrected chi connectivity index (χ2v) is 10.2. The molecule has 2 aromatic carbocycles. The van der Waals surface area contributed by atoms with Gasteiger partial charge in [-0.15, -0.1) is 0 Å². The molecule has 1 saturated heterocycles. The molecule has 4 rings (SSSR count). The van der Waals surface area contributed by atoms with Crippen LogP contribution in [0.4, 0.5) is 11.4 Å². The van der Waals surface area contributed by atoms with Crippen LogP contribution in [0.3, 0.4) is 0 Å². The van der Waals surface area contributed by atoms with Crippen LogP contribution in [0.1, 0.15) is 18.9 Å². The van der Waals surface area contributed by atoms with Crippen molar-refractivity contribution in [3.05, 3.63) is 53.1 Å². The lowest BCUT2D eigenvalue weighted by Crippen LogP contribution is -2.42. The van der Waals surface area contributed by atoms with Crippen LogP contribution in [0.2, 0.25) is 5.02 Å². The maximum atomic E-state index is 12.9. The first kappa shape index (κ1) is 22.1. The first-order valence-electron chi connectivity index (χ1n) is 10.4. The number of benzene rings is 2. The van der Waals surface area contributed by atoms with Crippen molar-refractivity contribution in [3.63, 3.8) is 0 Å². The van der Waals surface area contributed by atoms with Crippen molar-refractivity contribution < 1.29 is 17.9 Å². The van der Waals surface area contributed by atoms with Crippen LogP contribution in [0.25, 0.3) is 0 Å². The zero-order valence-corrected chi connectivity index (χ0v) is 19.0. The van der Waals surface area contributed by atoms with Crippen LogP contribution >= 0.6 is 11.6 Å². The molecule has 0 bridgehead atoms. The predicted octanol–water partition coefficient (Wildman–Crippen LogP) is 3.14. The summed E-state index contributed by atoms with van der Waals surface area (Å²) in [7, 11) is -3.68. The number of ether oxygens (including phenoxy) is 1. The Morgan fingerprint density at radius 2 is 1.94 bits per heavy atom. The van der Waals surface area contributed by atoms with E-state index in [9.17, 15) is 13.2 Å². The van der Waals surface area contributed by atoms with Gasteiger partial charge in [-0.1, -0.05) is 29.8 Å². The van der Waals surface area contributed by atoms with E-state index in [2.05, 4.69) is 23.2 Å². The van der Waals surface area contributed by atoms with Gasteiger partial charge < -0.3 is 15.0 Å². The van der Waals surface area contributed by atoms with Crippen LogP contribution in [0.15, 0.2) is 47.4 Å². The van der Waals surface area contributed by atoms with Crippen molar-refractivity contribution in [3.8, 4) is 0 Å². The number of carbonyl (C=O) groups is 1. The van der Waals surface area contributed by atoms with Crippen LogP contribution in [-0.4, -0.2) is 57.5 Å². The fourth-order valence-electron chi connectivity index (χ4n) is 4.04. The number of rotatable bonds is 5. The predicted molar refractivity (Wildman–Crippen MR) is 121 cm³/mol. The van der Waals surface area contributed by atoms with Gasteiger partial charge in [-0.25, -0.2) is 8.42 Å². The highest BCUT2D eigenvalue weighted by Crippen LogP contribution is 2.31. The Morgan fingerprint density at radius 1 is 1.19 bits per heavy atom. The van der Waals surface area contributed by atoms with Crippen LogP contribution in [0, 0.1) is 0 Å². The van der Waals surface area contributed by atoms with Crippen LogP contribution in [-0.2, 0) is 26.0 Å². The zero-order valence-electron chi connectivity index (χ0n) is 17.4. The van der Waals surface area contributed by atoms with E-state index in [1.54, 1.807) is 0 Å². The van der Waals surface area contributed by atoms with Gasteiger partial charge in [0.15, 0.2) is 0 Å². The Bertz CT molecular complexity index is 1070. The van der Waals surface area contributed by atoms with Crippen LogP contribution in [0.5, 0.6) is 0 Å². The molecule has 2 heterocycles. The topological polar surface area (TPSA) is 79.0 Å². The van der Waals surface area contributed by atoms with E-state index in [0.717, 1.165) is 18.5 Å². The molecule has 1 N–H and O–H groups in total. The van der Waals surface area contributed by atoms with Gasteiger partial charge in [0, 0.05) is 24.8 Å². The molecule has 1 atom stereocenters. The van der Waals surface area contributed by atoms with Crippen LogP contribution < -0.4 is 10.2 Å². The summed E-state index contributed by atoms with van der Waals surface area (Å²) in [4.78, 5) is 15.0. The molecular formula is C22H26ClN3O4S. The van der Waals surface area contributed by atoms with Crippen molar-refractivity contribution in [1.29, 1.82) is 0 Å². The minimum absolute atomic E-state index is 0.103. The van der Waals surface area contributed by atoms with Gasteiger partial charge in [0.1, 0.15) is 0 Å². The average molecular weight is 464 g/mol. The number of hydrogen-bond acceptors (Lipinski definition) is 5. The molecule has 0 radical (unpaired) electrons. The maximum absolute atomic E-state index is 12.9. The Labute approximate surface area is 188 Å². The van der Waals surface area contributed by atoms with Gasteiger partial charge in [0.2, 0.25) is 15.9 Å². The third-order valence-corrected chi connectivity index (χ3v) is 8.02. The molecule has 2 aromatic rings. The lowest BCUT2D eigenvalue weighted by molar-refractivity contribution is -0.115. The lowest BCUT2D eigenvalue weighted by Gasteiger charge is -2.36. The number of nitrogens with one attached hydrogen (secondary N) is 1. The molecule has 9 heteroatoms. The molecule has 0 aliphatic carbocycles. The Balaban J connectivity index is 1.52. The summed E-state index contributed by atoms with van der Waals surface area (Å²) < 4.78 is 32.5. The Morgan fingerprint density at radius 3 is 2.71 bits per heavy atom. The minimum atomic E-state index is -3.68. The number of halogens is 1. The summed E-state index contributed by atoms with van der Waals surface area (Å²) in [5, 5.41) is 3.10. The molecule has 0 saturated carbocycles. The number of sulfonamides is 1. The monoisotopic (exact) mass is 463 g/mol. The zero-order chi connectivity index (χ0) is 22.0. The van der Waals surface area contributed by atoms with Gasteiger partial charge in [-0.05, 0) is 49.6 Å². The number of morpholine rings is 1. The maximum Gasteiger partial charge on any atom is 0.243 e. The summed E-state index contributed by atoms with van der Waals surface area (Å²) >= 11 is 6.27. The van der Waals surface area contributed by atoms with E-state index in [1.165, 1.54) is 28.1 Å². The molecule has 2 aliphatic rings. The number of anilines is 2. The van der Waals surface area contributed by atoms with Crippen molar-refractivity contribution >= 4 is 38.9 Å². The third-order valence-electron chi connectivity index (χ3n) is 5.80. The molecule has 1 unspecified atom stereocenters. The molecule has 2 aliphatic heterocycles. The lowest BCUT2D eigenvalue weighted by atomic mass is 9.96. The van der Waals surface area contributed by atoms with E-state index >= 15 is 0 Å². The molecule has 31 heavy (non-hydrogen) atoms. The highest BCUT2D eigenvalue weighted by molar-refractivity contribution is 7.89. The van der Waals surface area contributed by atoms with E-state index in [-0.39, 0.29) is 23.4 Å². The van der Waals surface area contributed by atoms with Gasteiger partial charge in [-0.2, -0.15) is 4.31 Å². The highest BCUT2D eigenvalue weighted by Gasteiger charge is 2.28. The molecule has 1 amide bonds. The number of aryl methyl sites for hydroxylation is 1. The summed E-state index contributed by atoms with van der Waals surface area (Å²) in [5.41, 5.74) is 2.58. The second-order valence-electron chi connectivity index (χ2n) is 7.85. The van der Waals surface area contributed by atoms with Crippen molar-refractivity contribution in [2.24, 2.45) is 0 Å². The van der Waals surface area contributed by atoms with E-state index in [0.29, 0.717) is 37.0 Å². The molecule has 166 valence electrons. The summed E-state index contributed by atoms with van der Waals surface area (Å²) in [5.74, 6) is -0.244. The standard InChI is InChI=1S/C22H26ClN3O4S/c1-16-6-7-17-4-2-3-5-21(17)26(16)15-22(27)24-20-14-18(8-9-19(20)23)31(28,29)25-10-12-30-13-11-25/h2-5,8-9,14,16H,6-7,10-13,15H2,1H3,(H,24,27). The SMILES string of the molecule is CC1CCc2ccccc2N1CC(=O)Nc1cc(S(=O)(=O)N2CCOCC2)ccc1Cl. The summed E-state index contributed by atoms with van der Waals surface area (Å²) in [6, 6.07) is 12.7. The van der Waals surface area contributed by atoms with Crippen molar-refractivity contribution in [2.45, 2.75) is 30.7 Å². The quantitative estimate of drug-likeness (QED) is 0.737. The number of carbonyl (C=O) groups excluding carboxylic acids is 1. The van der Waals surface area contributed by atoms with E-state index in [4.69, 9.17) is 16.3 Å². The molecule has 1 fully saturated rings. The first-order valence-corrected chi connectivity index (χ1v) is 12.2. The molecule has 0 spiro atoms. The normalized spacial score (nSPS) is 19.7. The van der Waals surface area contributed by atoms with Crippen molar-refractivity contribution in [2.75, 3.05) is 43.1 Å². The fraction of sp³-hybridized carbons (Fsp3) is 0.409. The van der Waals surface area contributed by atoms with Gasteiger partial charge in [0.05, 0.1) is 35.4 Å². The number of para-hydroxylation sites is 1. The third kappa shape index (κ3) is 4.72. The van der Waals surface area contributed by atoms with Gasteiger partial charge in [0.25, 0.3) is 0 Å². The number of hydrogen-bond donors (Lipinski definition) is 1. The van der Waals surface area contributed by atoms with Crippen molar-refractivity contribution in [1.82, 2.24) is 4.31 Å². The number of fused-ring (bicyclic) bond motifs is 1. The Hall–Kier alpha value is -2.13. The minimum Gasteiger partial charge on any atom is -0.379 e. The van der Waals surface area contributed by atoms with E-state index < -0.39 is 10.0 Å². The number of amides is 1. The largest absolute Gasteiger partial charge is 0.379 e. The molecule has 7 nitrogen and oxygen atoms in total. The summed E-state index contributed by atoms with van der Waals surface area (Å²) in [6.45, 7) is 3.61. The molecular weight excluding hydrogens is 438 g/mol. The Kier molecular flexibility index (Phi) is 6.52. The first-order chi connectivity index (χ1) is 14.9.